The Morgan fingerprint density at radius 3 is 1.90 bits per heavy atom. The van der Waals surface area contributed by atoms with Crippen molar-refractivity contribution in [1.29, 1.82) is 0 Å². The molecule has 4 aromatic heterocycles. The van der Waals surface area contributed by atoms with Gasteiger partial charge in [0.25, 0.3) is 0 Å². The molecule has 0 saturated heterocycles. The zero-order chi connectivity index (χ0) is 37.8. The Morgan fingerprint density at radius 2 is 1.10 bits per heavy atom. The van der Waals surface area contributed by atoms with E-state index in [0.717, 1.165) is 68.2 Å². The van der Waals surface area contributed by atoms with Crippen LogP contribution < -0.4 is 0 Å². The number of aromatic nitrogens is 4. The SMILES string of the molecule is [2H]c1c([2H])c([2H])c(-c2nc(-c3ccc4sc5cc(-n6c7ccccc7c7ccccc76)ccc5c4c3)nc(-c3cccc4c3sc3ccccc34)n2)c([2H])c1[2H]. The summed E-state index contributed by atoms with van der Waals surface area (Å²) in [5.74, 6) is 0.726. The topological polar surface area (TPSA) is 43.6 Å². The zero-order valence-electron chi connectivity index (χ0n) is 31.7. The van der Waals surface area contributed by atoms with Crippen molar-refractivity contribution in [3.8, 4) is 39.9 Å². The van der Waals surface area contributed by atoms with Crippen LogP contribution in [0.25, 0.3) is 102 Å². The number of thiophene rings is 2. The number of fused-ring (bicyclic) bond motifs is 9. The van der Waals surface area contributed by atoms with Crippen molar-refractivity contribution in [3.05, 3.63) is 158 Å². The molecule has 6 heteroatoms. The molecule has 7 aromatic carbocycles. The molecule has 0 fully saturated rings. The first kappa shape index (κ1) is 24.0. The summed E-state index contributed by atoms with van der Waals surface area (Å²) >= 11 is 3.37. The van der Waals surface area contributed by atoms with Crippen LogP contribution in [0.3, 0.4) is 0 Å². The van der Waals surface area contributed by atoms with Crippen LogP contribution in [-0.2, 0) is 0 Å². The molecule has 0 N–H and O–H groups in total. The summed E-state index contributed by atoms with van der Waals surface area (Å²) in [6, 6.07) is 41.9. The second-order valence-corrected chi connectivity index (χ2v) is 14.6. The number of hydrogen-bond donors (Lipinski definition) is 0. The van der Waals surface area contributed by atoms with Crippen LogP contribution >= 0.6 is 22.7 Å². The molecular formula is C45H26N4S2. The average Bonchev–Trinajstić information content (AvgIpc) is 3.91. The molecule has 4 nitrogen and oxygen atoms in total. The number of nitrogens with zero attached hydrogens (tertiary/aromatic N) is 4. The third-order valence-corrected chi connectivity index (χ3v) is 11.9. The molecule has 0 aliphatic carbocycles. The highest BCUT2D eigenvalue weighted by molar-refractivity contribution is 7.26. The normalized spacial score (nSPS) is 13.3. The molecule has 0 atom stereocenters. The first-order valence-corrected chi connectivity index (χ1v) is 18.2. The molecule has 0 aliphatic rings. The molecule has 0 bridgehead atoms. The molecule has 0 radical (unpaired) electrons. The van der Waals surface area contributed by atoms with E-state index in [1.54, 1.807) is 22.7 Å². The monoisotopic (exact) mass is 691 g/mol. The van der Waals surface area contributed by atoms with E-state index in [-0.39, 0.29) is 23.5 Å². The lowest BCUT2D eigenvalue weighted by Gasteiger charge is -2.09. The van der Waals surface area contributed by atoms with Crippen LogP contribution in [-0.4, -0.2) is 19.5 Å². The van der Waals surface area contributed by atoms with Gasteiger partial charge in [-0.05, 0) is 54.6 Å². The van der Waals surface area contributed by atoms with Crippen molar-refractivity contribution in [1.82, 2.24) is 19.5 Å². The Bertz CT molecular complexity index is 3380. The molecule has 0 spiro atoms. The van der Waals surface area contributed by atoms with Gasteiger partial charge in [-0.3, -0.25) is 0 Å². The minimum Gasteiger partial charge on any atom is -0.309 e. The first-order valence-electron chi connectivity index (χ1n) is 19.0. The van der Waals surface area contributed by atoms with Gasteiger partial charge in [0.15, 0.2) is 17.5 Å². The molecule has 11 rings (SSSR count). The Morgan fingerprint density at radius 1 is 0.451 bits per heavy atom. The predicted octanol–water partition coefficient (Wildman–Crippen LogP) is 12.7. The molecule has 4 heterocycles. The third-order valence-electron chi connectivity index (χ3n) is 9.56. The van der Waals surface area contributed by atoms with E-state index in [9.17, 15) is 0 Å². The minimum absolute atomic E-state index is 0.0196. The highest BCUT2D eigenvalue weighted by Gasteiger charge is 2.18. The fourth-order valence-electron chi connectivity index (χ4n) is 7.27. The summed E-state index contributed by atoms with van der Waals surface area (Å²) in [6.07, 6.45) is 0. The van der Waals surface area contributed by atoms with Crippen LogP contribution in [0.4, 0.5) is 0 Å². The molecule has 51 heavy (non-hydrogen) atoms. The van der Waals surface area contributed by atoms with Crippen LogP contribution in [0.15, 0.2) is 158 Å². The first-order chi connectivity index (χ1) is 27.3. The van der Waals surface area contributed by atoms with Gasteiger partial charge in [-0.2, -0.15) is 0 Å². The Balaban J connectivity index is 1.11. The van der Waals surface area contributed by atoms with E-state index < -0.39 is 18.1 Å². The van der Waals surface area contributed by atoms with Crippen molar-refractivity contribution < 1.29 is 6.85 Å². The largest absolute Gasteiger partial charge is 0.309 e. The number of benzene rings is 7. The maximum Gasteiger partial charge on any atom is 0.165 e. The smallest absolute Gasteiger partial charge is 0.165 e. The van der Waals surface area contributed by atoms with Crippen LogP contribution in [0, 0.1) is 0 Å². The third kappa shape index (κ3) is 4.47. The summed E-state index contributed by atoms with van der Waals surface area (Å²) in [7, 11) is 0. The highest BCUT2D eigenvalue weighted by Crippen LogP contribution is 2.41. The van der Waals surface area contributed by atoms with Gasteiger partial charge in [-0.25, -0.2) is 15.0 Å². The fraction of sp³-hybridized carbons (Fsp3) is 0. The maximum atomic E-state index is 8.79. The van der Waals surface area contributed by atoms with Crippen LogP contribution in [0.2, 0.25) is 0 Å². The van der Waals surface area contributed by atoms with Crippen molar-refractivity contribution in [2.45, 2.75) is 0 Å². The summed E-state index contributed by atoms with van der Waals surface area (Å²) in [5, 5.41) is 6.78. The Kier molecular flexibility index (Phi) is 5.25. The van der Waals surface area contributed by atoms with Gasteiger partial charge in [0, 0.05) is 73.5 Å². The molecule has 238 valence electrons. The summed E-state index contributed by atoms with van der Waals surface area (Å²) in [6.45, 7) is 0. The molecule has 0 amide bonds. The van der Waals surface area contributed by atoms with E-state index in [2.05, 4.69) is 102 Å². The summed E-state index contributed by atoms with van der Waals surface area (Å²) in [4.78, 5) is 14.7. The lowest BCUT2D eigenvalue weighted by atomic mass is 10.1. The maximum absolute atomic E-state index is 8.79. The van der Waals surface area contributed by atoms with Crippen molar-refractivity contribution in [2.24, 2.45) is 0 Å². The highest BCUT2D eigenvalue weighted by atomic mass is 32.1. The van der Waals surface area contributed by atoms with E-state index >= 15 is 0 Å². The number of hydrogen-bond acceptors (Lipinski definition) is 5. The number of rotatable bonds is 4. The number of para-hydroxylation sites is 2. The van der Waals surface area contributed by atoms with Gasteiger partial charge < -0.3 is 4.57 Å². The Labute approximate surface area is 307 Å². The van der Waals surface area contributed by atoms with Crippen molar-refractivity contribution in [3.63, 3.8) is 0 Å². The van der Waals surface area contributed by atoms with Gasteiger partial charge in [0.1, 0.15) is 0 Å². The van der Waals surface area contributed by atoms with Gasteiger partial charge in [0.05, 0.1) is 17.9 Å². The van der Waals surface area contributed by atoms with E-state index in [1.807, 2.05) is 30.3 Å². The second kappa shape index (κ2) is 11.2. The van der Waals surface area contributed by atoms with Crippen LogP contribution in [0.5, 0.6) is 0 Å². The molecule has 11 aromatic rings. The summed E-state index contributed by atoms with van der Waals surface area (Å²) < 4.78 is 49.3. The van der Waals surface area contributed by atoms with Crippen molar-refractivity contribution in [2.75, 3.05) is 0 Å². The van der Waals surface area contributed by atoms with Gasteiger partial charge >= 0.3 is 0 Å². The quantitative estimate of drug-likeness (QED) is 0.184. The Hall–Kier alpha value is -6.21. The van der Waals surface area contributed by atoms with E-state index in [0.29, 0.717) is 11.6 Å². The van der Waals surface area contributed by atoms with Gasteiger partial charge in [0.2, 0.25) is 0 Å². The van der Waals surface area contributed by atoms with Crippen LogP contribution in [0.1, 0.15) is 6.85 Å². The molecule has 0 aliphatic heterocycles. The lowest BCUT2D eigenvalue weighted by Crippen LogP contribution is -2.00. The fourth-order valence-corrected chi connectivity index (χ4v) is 9.60. The average molecular weight is 692 g/mol. The molecular weight excluding hydrogens is 661 g/mol. The second-order valence-electron chi connectivity index (χ2n) is 12.4. The standard InChI is InChI=1S/C45H26N4S2/c1-2-11-27(12-3-1)43-46-44(48-45(47-43)35-17-10-16-34-32-15-6-9-20-39(32)51-42(34)35)28-21-24-40-36(25-28)33-23-22-29(26-41(33)50-40)49-37-18-7-4-13-30(37)31-14-5-8-19-38(31)49/h1-26H/i1D,2D,3D,11D,12D. The van der Waals surface area contributed by atoms with E-state index in [1.165, 1.54) is 10.8 Å². The van der Waals surface area contributed by atoms with Crippen molar-refractivity contribution >= 4 is 84.8 Å². The predicted molar refractivity (Wildman–Crippen MR) is 216 cm³/mol. The van der Waals surface area contributed by atoms with E-state index in [4.69, 9.17) is 21.8 Å². The zero-order valence-corrected chi connectivity index (χ0v) is 28.4. The summed E-state index contributed by atoms with van der Waals surface area (Å²) in [5.41, 5.74) is 4.84. The van der Waals surface area contributed by atoms with Gasteiger partial charge in [-0.1, -0.05) is 103 Å². The minimum atomic E-state index is -0.468. The molecule has 0 unspecified atom stereocenters. The lowest BCUT2D eigenvalue weighted by molar-refractivity contribution is 1.08. The van der Waals surface area contributed by atoms with Gasteiger partial charge in [-0.15, -0.1) is 22.7 Å². The molecule has 0 saturated carbocycles.